The molecule has 0 aliphatic carbocycles. The molecular formula is C21H29N3O4S. The van der Waals surface area contributed by atoms with Gasteiger partial charge >= 0.3 is 0 Å². The first kappa shape index (κ1) is 20.3. The molecule has 2 saturated heterocycles. The van der Waals surface area contributed by atoms with Crippen LogP contribution in [0.3, 0.4) is 0 Å². The molecule has 1 aromatic rings. The second-order valence-corrected chi connectivity index (χ2v) is 10.6. The number of likely N-dealkylation sites (tertiary alicyclic amines) is 1. The topological polar surface area (TPSA) is 78.0 Å². The number of carbonyl (C=O) groups excluding carboxylic acids is 2. The predicted molar refractivity (Wildman–Crippen MR) is 112 cm³/mol. The highest BCUT2D eigenvalue weighted by atomic mass is 32.2. The van der Waals surface area contributed by atoms with Crippen LogP contribution < -0.4 is 4.90 Å². The molecule has 2 amide bonds. The average Bonchev–Trinajstić information content (AvgIpc) is 2.96. The molecule has 3 aliphatic heterocycles. The Labute approximate surface area is 172 Å². The van der Waals surface area contributed by atoms with Crippen molar-refractivity contribution < 1.29 is 18.0 Å². The first-order valence-electron chi connectivity index (χ1n) is 10.5. The van der Waals surface area contributed by atoms with Crippen LogP contribution in [0.5, 0.6) is 0 Å². The van der Waals surface area contributed by atoms with Gasteiger partial charge in [0.1, 0.15) is 0 Å². The Morgan fingerprint density at radius 2 is 1.72 bits per heavy atom. The fraction of sp³-hybridized carbons (Fsp3) is 0.619. The first-order chi connectivity index (χ1) is 13.8. The maximum Gasteiger partial charge on any atom is 0.253 e. The van der Waals surface area contributed by atoms with Gasteiger partial charge in [-0.15, -0.1) is 0 Å². The summed E-state index contributed by atoms with van der Waals surface area (Å²) in [5, 5.41) is 0. The average molecular weight is 420 g/mol. The van der Waals surface area contributed by atoms with Crippen molar-refractivity contribution in [2.24, 2.45) is 0 Å². The second kappa shape index (κ2) is 7.40. The second-order valence-electron chi connectivity index (χ2n) is 8.33. The third kappa shape index (κ3) is 3.26. The minimum absolute atomic E-state index is 0.00335. The van der Waals surface area contributed by atoms with Gasteiger partial charge in [-0.25, -0.2) is 12.7 Å². The van der Waals surface area contributed by atoms with E-state index in [9.17, 15) is 18.0 Å². The van der Waals surface area contributed by atoms with Crippen molar-refractivity contribution in [3.8, 4) is 0 Å². The van der Waals surface area contributed by atoms with E-state index in [2.05, 4.69) is 0 Å². The Bertz CT molecular complexity index is 929. The Morgan fingerprint density at radius 1 is 1.07 bits per heavy atom. The van der Waals surface area contributed by atoms with E-state index < -0.39 is 15.4 Å². The minimum Gasteiger partial charge on any atom is -0.339 e. The zero-order chi connectivity index (χ0) is 20.8. The van der Waals surface area contributed by atoms with Crippen molar-refractivity contribution in [3.63, 3.8) is 0 Å². The molecule has 0 saturated carbocycles. The van der Waals surface area contributed by atoms with E-state index in [1.165, 1.54) is 4.31 Å². The van der Waals surface area contributed by atoms with Crippen LogP contribution in [0.15, 0.2) is 18.2 Å². The molecule has 0 atom stereocenters. The van der Waals surface area contributed by atoms with Gasteiger partial charge in [0.15, 0.2) is 0 Å². The van der Waals surface area contributed by atoms with Crippen LogP contribution >= 0.6 is 0 Å². The number of hydrogen-bond acceptors (Lipinski definition) is 4. The SMILES string of the molecule is CCS(=O)(=O)N1CCC2(CC1)C(=O)N(C)c1ccc(C(=O)N3CCCCC3)cc12. The fourth-order valence-electron chi connectivity index (χ4n) is 4.98. The molecule has 2 fully saturated rings. The van der Waals surface area contributed by atoms with Gasteiger partial charge in [0, 0.05) is 44.5 Å². The number of fused-ring (bicyclic) bond motifs is 2. The van der Waals surface area contributed by atoms with Crippen LogP contribution in [0.2, 0.25) is 0 Å². The van der Waals surface area contributed by atoms with E-state index in [4.69, 9.17) is 0 Å². The predicted octanol–water partition coefficient (Wildman–Crippen LogP) is 1.97. The van der Waals surface area contributed by atoms with E-state index in [1.54, 1.807) is 18.9 Å². The largest absolute Gasteiger partial charge is 0.339 e. The highest BCUT2D eigenvalue weighted by Gasteiger charge is 2.52. The zero-order valence-electron chi connectivity index (χ0n) is 17.2. The molecule has 3 aliphatic rings. The fourth-order valence-corrected chi connectivity index (χ4v) is 6.09. The Kier molecular flexibility index (Phi) is 5.19. The molecule has 158 valence electrons. The van der Waals surface area contributed by atoms with Crippen LogP contribution in [-0.4, -0.2) is 68.4 Å². The molecule has 0 N–H and O–H groups in total. The number of piperidine rings is 2. The Balaban J connectivity index is 1.65. The molecule has 0 unspecified atom stereocenters. The maximum absolute atomic E-state index is 13.2. The molecule has 0 radical (unpaired) electrons. The Morgan fingerprint density at radius 3 is 2.34 bits per heavy atom. The van der Waals surface area contributed by atoms with Gasteiger partial charge in [-0.2, -0.15) is 0 Å². The van der Waals surface area contributed by atoms with Crippen LogP contribution in [0.1, 0.15) is 54.9 Å². The number of likely N-dealkylation sites (N-methyl/N-ethyl adjacent to an activating group) is 1. The smallest absolute Gasteiger partial charge is 0.253 e. The van der Waals surface area contributed by atoms with E-state index in [0.29, 0.717) is 31.5 Å². The summed E-state index contributed by atoms with van der Waals surface area (Å²) in [7, 11) is -1.50. The van der Waals surface area contributed by atoms with Gasteiger partial charge in [-0.05, 0) is 62.8 Å². The summed E-state index contributed by atoms with van der Waals surface area (Å²) in [6.07, 6.45) is 4.12. The summed E-state index contributed by atoms with van der Waals surface area (Å²) < 4.78 is 26.0. The summed E-state index contributed by atoms with van der Waals surface area (Å²) in [4.78, 5) is 29.8. The van der Waals surface area contributed by atoms with Crippen molar-refractivity contribution in [1.29, 1.82) is 0 Å². The third-order valence-corrected chi connectivity index (χ3v) is 8.69. The van der Waals surface area contributed by atoms with Crippen LogP contribution in [0.4, 0.5) is 5.69 Å². The maximum atomic E-state index is 13.2. The highest BCUT2D eigenvalue weighted by Crippen LogP contribution is 2.48. The van der Waals surface area contributed by atoms with Gasteiger partial charge in [0.2, 0.25) is 15.9 Å². The van der Waals surface area contributed by atoms with Gasteiger partial charge < -0.3 is 9.80 Å². The van der Waals surface area contributed by atoms with Crippen molar-refractivity contribution in [3.05, 3.63) is 29.3 Å². The molecule has 8 heteroatoms. The van der Waals surface area contributed by atoms with Gasteiger partial charge in [-0.1, -0.05) is 0 Å². The molecule has 4 rings (SSSR count). The summed E-state index contributed by atoms with van der Waals surface area (Å²) in [5.74, 6) is 0.0955. The summed E-state index contributed by atoms with van der Waals surface area (Å²) in [6, 6.07) is 5.57. The lowest BCUT2D eigenvalue weighted by atomic mass is 9.73. The van der Waals surface area contributed by atoms with Crippen molar-refractivity contribution >= 4 is 27.5 Å². The highest BCUT2D eigenvalue weighted by molar-refractivity contribution is 7.89. The quantitative estimate of drug-likeness (QED) is 0.751. The van der Waals surface area contributed by atoms with Crippen LogP contribution in [-0.2, 0) is 20.2 Å². The van der Waals surface area contributed by atoms with Crippen molar-refractivity contribution in [2.45, 2.75) is 44.4 Å². The van der Waals surface area contributed by atoms with E-state index in [1.807, 2.05) is 23.1 Å². The lowest BCUT2D eigenvalue weighted by Crippen LogP contribution is -2.49. The number of amides is 2. The molecular weight excluding hydrogens is 390 g/mol. The lowest BCUT2D eigenvalue weighted by molar-refractivity contribution is -0.124. The number of sulfonamides is 1. The molecule has 7 nitrogen and oxygen atoms in total. The standard InChI is InChI=1S/C21H29N3O4S/c1-3-29(27,28)24-13-9-21(10-14-24)17-15-16(7-8-18(17)22(2)20(21)26)19(25)23-11-5-4-6-12-23/h7-8,15H,3-6,9-14H2,1-2H3. The molecule has 0 aromatic heterocycles. The van der Waals surface area contributed by atoms with E-state index in [0.717, 1.165) is 43.6 Å². The third-order valence-electron chi connectivity index (χ3n) is 6.81. The number of hydrogen-bond donors (Lipinski definition) is 0. The van der Waals surface area contributed by atoms with Gasteiger partial charge in [0.05, 0.1) is 11.2 Å². The number of benzene rings is 1. The first-order valence-corrected chi connectivity index (χ1v) is 12.1. The summed E-state index contributed by atoms with van der Waals surface area (Å²) in [6.45, 7) is 3.87. The van der Waals surface area contributed by atoms with Crippen LogP contribution in [0.25, 0.3) is 0 Å². The number of rotatable bonds is 3. The minimum atomic E-state index is -3.26. The van der Waals surface area contributed by atoms with Gasteiger partial charge in [0.25, 0.3) is 5.91 Å². The van der Waals surface area contributed by atoms with Crippen LogP contribution in [0, 0.1) is 0 Å². The zero-order valence-corrected chi connectivity index (χ0v) is 18.0. The molecule has 29 heavy (non-hydrogen) atoms. The van der Waals surface area contributed by atoms with E-state index >= 15 is 0 Å². The summed E-state index contributed by atoms with van der Waals surface area (Å²) in [5.41, 5.74) is 1.59. The number of anilines is 1. The number of nitrogens with zero attached hydrogens (tertiary/aromatic N) is 3. The number of carbonyl (C=O) groups is 2. The van der Waals surface area contributed by atoms with E-state index in [-0.39, 0.29) is 17.6 Å². The molecule has 1 spiro atoms. The van der Waals surface area contributed by atoms with Crippen molar-refractivity contribution in [1.82, 2.24) is 9.21 Å². The van der Waals surface area contributed by atoms with Gasteiger partial charge in [-0.3, -0.25) is 9.59 Å². The summed E-state index contributed by atoms with van der Waals surface area (Å²) >= 11 is 0. The molecule has 0 bridgehead atoms. The molecule has 3 heterocycles. The normalized spacial score (nSPS) is 22.2. The Hall–Kier alpha value is -1.93. The monoisotopic (exact) mass is 419 g/mol. The molecule has 1 aromatic carbocycles. The lowest BCUT2D eigenvalue weighted by Gasteiger charge is -2.37. The van der Waals surface area contributed by atoms with Crippen molar-refractivity contribution in [2.75, 3.05) is 43.9 Å².